The van der Waals surface area contributed by atoms with Crippen molar-refractivity contribution in [2.24, 2.45) is 0 Å². The molecule has 94 valence electrons. The summed E-state index contributed by atoms with van der Waals surface area (Å²) < 4.78 is 0. The van der Waals surface area contributed by atoms with Crippen LogP contribution in [0.3, 0.4) is 0 Å². The van der Waals surface area contributed by atoms with Crippen molar-refractivity contribution < 1.29 is 9.63 Å². The lowest BCUT2D eigenvalue weighted by molar-refractivity contribution is -0.132. The maximum atomic E-state index is 11.3. The minimum absolute atomic E-state index is 0.0665. The van der Waals surface area contributed by atoms with Gasteiger partial charge in [-0.1, -0.05) is 6.07 Å². The molecule has 1 amide bonds. The second-order valence-corrected chi connectivity index (χ2v) is 4.97. The van der Waals surface area contributed by atoms with Gasteiger partial charge < -0.3 is 0 Å². The minimum Gasteiger partial charge on any atom is -0.274 e. The number of aryl methyl sites for hydroxylation is 2. The molecule has 0 aliphatic heterocycles. The van der Waals surface area contributed by atoms with E-state index >= 15 is 0 Å². The highest BCUT2D eigenvalue weighted by molar-refractivity contribution is 7.99. The van der Waals surface area contributed by atoms with E-state index in [1.165, 1.54) is 16.0 Å². The van der Waals surface area contributed by atoms with Gasteiger partial charge in [-0.3, -0.25) is 9.63 Å². The van der Waals surface area contributed by atoms with E-state index in [1.54, 1.807) is 11.8 Å². The summed E-state index contributed by atoms with van der Waals surface area (Å²) >= 11 is 1.69. The second-order valence-electron chi connectivity index (χ2n) is 3.80. The number of hydroxylamine groups is 1. The highest BCUT2D eigenvalue weighted by atomic mass is 32.2. The van der Waals surface area contributed by atoms with Gasteiger partial charge in [0.2, 0.25) is 5.91 Å². The van der Waals surface area contributed by atoms with Gasteiger partial charge in [-0.25, -0.2) is 5.48 Å². The van der Waals surface area contributed by atoms with Crippen molar-refractivity contribution in [2.45, 2.75) is 32.1 Å². The van der Waals surface area contributed by atoms with Crippen LogP contribution < -0.4 is 5.48 Å². The summed E-state index contributed by atoms with van der Waals surface area (Å²) in [5, 5.41) is 0. The molecule has 0 bridgehead atoms. The number of carbonyl (C=O) groups is 1. The van der Waals surface area contributed by atoms with Crippen LogP contribution in [-0.4, -0.2) is 18.3 Å². The summed E-state index contributed by atoms with van der Waals surface area (Å²) in [7, 11) is 0. The third kappa shape index (κ3) is 5.24. The van der Waals surface area contributed by atoms with Gasteiger partial charge in [0.05, 0.1) is 6.61 Å². The molecule has 0 saturated carbocycles. The van der Waals surface area contributed by atoms with Gasteiger partial charge in [-0.2, -0.15) is 0 Å². The van der Waals surface area contributed by atoms with Crippen LogP contribution in [0.2, 0.25) is 0 Å². The van der Waals surface area contributed by atoms with Gasteiger partial charge >= 0.3 is 0 Å². The van der Waals surface area contributed by atoms with Crippen molar-refractivity contribution in [3.05, 3.63) is 29.3 Å². The molecular formula is C13H19NO2S. The largest absolute Gasteiger partial charge is 0.274 e. The van der Waals surface area contributed by atoms with Crippen molar-refractivity contribution in [1.29, 1.82) is 0 Å². The Labute approximate surface area is 107 Å². The van der Waals surface area contributed by atoms with Gasteiger partial charge in [0.15, 0.2) is 0 Å². The van der Waals surface area contributed by atoms with Crippen LogP contribution in [-0.2, 0) is 9.63 Å². The molecule has 4 heteroatoms. The Kier molecular flexibility index (Phi) is 6.08. The molecule has 3 nitrogen and oxygen atoms in total. The Hall–Kier alpha value is -1.00. The Morgan fingerprint density at radius 1 is 1.35 bits per heavy atom. The number of benzene rings is 1. The quantitative estimate of drug-likeness (QED) is 0.626. The highest BCUT2D eigenvalue weighted by Crippen LogP contribution is 2.21. The number of rotatable bonds is 6. The van der Waals surface area contributed by atoms with E-state index in [4.69, 9.17) is 4.84 Å². The number of hydrogen-bond donors (Lipinski definition) is 1. The van der Waals surface area contributed by atoms with Gasteiger partial charge in [0.25, 0.3) is 0 Å². The molecule has 0 aromatic heterocycles. The first kappa shape index (κ1) is 14.1. The Bertz CT molecular complexity index is 380. The molecule has 1 N–H and O–H groups in total. The maximum Gasteiger partial charge on any atom is 0.244 e. The van der Waals surface area contributed by atoms with Crippen molar-refractivity contribution in [1.82, 2.24) is 5.48 Å². The molecule has 1 aromatic carbocycles. The standard InChI is InChI=1S/C13H19NO2S/c1-4-16-14-13(15)7-8-17-12-6-5-10(2)11(3)9-12/h5-6,9H,4,7-8H2,1-3H3,(H,14,15). The molecule has 0 saturated heterocycles. The smallest absolute Gasteiger partial charge is 0.244 e. The van der Waals surface area contributed by atoms with E-state index < -0.39 is 0 Å². The lowest BCUT2D eigenvalue weighted by Gasteiger charge is -2.05. The zero-order valence-corrected chi connectivity index (χ0v) is 11.4. The highest BCUT2D eigenvalue weighted by Gasteiger charge is 2.02. The van der Waals surface area contributed by atoms with Crippen molar-refractivity contribution in [3.8, 4) is 0 Å². The van der Waals surface area contributed by atoms with Crippen LogP contribution in [0.4, 0.5) is 0 Å². The molecule has 0 fully saturated rings. The summed E-state index contributed by atoms with van der Waals surface area (Å²) in [5.41, 5.74) is 4.97. The number of thioether (sulfide) groups is 1. The minimum atomic E-state index is -0.0665. The summed E-state index contributed by atoms with van der Waals surface area (Å²) in [5.74, 6) is 0.699. The molecule has 0 atom stereocenters. The molecule has 0 radical (unpaired) electrons. The molecule has 17 heavy (non-hydrogen) atoms. The molecule has 1 rings (SSSR count). The average molecular weight is 253 g/mol. The Morgan fingerprint density at radius 2 is 2.12 bits per heavy atom. The fourth-order valence-electron chi connectivity index (χ4n) is 1.27. The van der Waals surface area contributed by atoms with Crippen LogP contribution in [0, 0.1) is 13.8 Å². The zero-order chi connectivity index (χ0) is 12.7. The molecule has 0 heterocycles. The summed E-state index contributed by atoms with van der Waals surface area (Å²) in [6.07, 6.45) is 0.470. The normalized spacial score (nSPS) is 10.3. The van der Waals surface area contributed by atoms with Crippen LogP contribution in [0.5, 0.6) is 0 Å². The van der Waals surface area contributed by atoms with E-state index in [1.807, 2.05) is 6.92 Å². The molecule has 0 aliphatic carbocycles. The fourth-order valence-corrected chi connectivity index (χ4v) is 2.22. The molecule has 0 aliphatic rings. The molecule has 0 unspecified atom stereocenters. The third-order valence-corrected chi connectivity index (χ3v) is 3.40. The van der Waals surface area contributed by atoms with Gasteiger partial charge in [-0.05, 0) is 44.0 Å². The van der Waals surface area contributed by atoms with Crippen LogP contribution in [0.15, 0.2) is 23.1 Å². The van der Waals surface area contributed by atoms with Crippen molar-refractivity contribution >= 4 is 17.7 Å². The van der Waals surface area contributed by atoms with Gasteiger partial charge in [0, 0.05) is 17.1 Å². The Morgan fingerprint density at radius 3 is 2.76 bits per heavy atom. The van der Waals surface area contributed by atoms with E-state index in [9.17, 15) is 4.79 Å². The second kappa shape index (κ2) is 7.35. The van der Waals surface area contributed by atoms with E-state index in [0.717, 1.165) is 5.75 Å². The van der Waals surface area contributed by atoms with Gasteiger partial charge in [-0.15, -0.1) is 11.8 Å². The predicted molar refractivity (Wildman–Crippen MR) is 71.0 cm³/mol. The predicted octanol–water partition coefficient (Wildman–Crippen LogP) is 2.85. The van der Waals surface area contributed by atoms with Gasteiger partial charge in [0.1, 0.15) is 0 Å². The van der Waals surface area contributed by atoms with Crippen LogP contribution in [0.1, 0.15) is 24.5 Å². The number of hydrogen-bond acceptors (Lipinski definition) is 3. The third-order valence-electron chi connectivity index (χ3n) is 2.41. The molecular weight excluding hydrogens is 234 g/mol. The van der Waals surface area contributed by atoms with Crippen molar-refractivity contribution in [2.75, 3.05) is 12.4 Å². The number of amides is 1. The summed E-state index contributed by atoms with van der Waals surface area (Å²) in [6, 6.07) is 6.35. The first-order valence-electron chi connectivity index (χ1n) is 5.74. The maximum absolute atomic E-state index is 11.3. The first-order chi connectivity index (χ1) is 8.13. The summed E-state index contributed by atoms with van der Waals surface area (Å²) in [6.45, 7) is 6.53. The Balaban J connectivity index is 2.30. The first-order valence-corrected chi connectivity index (χ1v) is 6.72. The summed E-state index contributed by atoms with van der Waals surface area (Å²) in [4.78, 5) is 17.3. The molecule has 1 aromatic rings. The lowest BCUT2D eigenvalue weighted by Crippen LogP contribution is -2.23. The van der Waals surface area contributed by atoms with Crippen LogP contribution in [0.25, 0.3) is 0 Å². The SMILES string of the molecule is CCONC(=O)CCSc1ccc(C)c(C)c1. The lowest BCUT2D eigenvalue weighted by atomic mass is 10.1. The average Bonchev–Trinajstić information content (AvgIpc) is 2.31. The van der Waals surface area contributed by atoms with E-state index in [2.05, 4.69) is 37.5 Å². The van der Waals surface area contributed by atoms with E-state index in [0.29, 0.717) is 13.0 Å². The zero-order valence-electron chi connectivity index (χ0n) is 10.6. The topological polar surface area (TPSA) is 38.3 Å². The fraction of sp³-hybridized carbons (Fsp3) is 0.462. The number of carbonyl (C=O) groups excluding carboxylic acids is 1. The van der Waals surface area contributed by atoms with Crippen molar-refractivity contribution in [3.63, 3.8) is 0 Å². The van der Waals surface area contributed by atoms with E-state index in [-0.39, 0.29) is 5.91 Å². The monoisotopic (exact) mass is 253 g/mol. The molecule has 0 spiro atoms. The van der Waals surface area contributed by atoms with Crippen LogP contribution >= 0.6 is 11.8 Å². The number of nitrogens with one attached hydrogen (secondary N) is 1.